The molecule has 0 spiro atoms. The molecule has 0 aliphatic carbocycles. The third kappa shape index (κ3) is 2.97. The number of nitrogens with one attached hydrogen (secondary N) is 1. The lowest BCUT2D eigenvalue weighted by molar-refractivity contribution is -0.141. The molecule has 9 heteroatoms. The van der Waals surface area contributed by atoms with Gasteiger partial charge in [0, 0.05) is 6.07 Å². The maximum Gasteiger partial charge on any atom is 0.433 e. The number of aliphatic imine (C=N–C) groups is 1. The van der Waals surface area contributed by atoms with Gasteiger partial charge in [-0.1, -0.05) is 0 Å². The minimum absolute atomic E-state index is 0.311. The van der Waals surface area contributed by atoms with Crippen molar-refractivity contribution in [2.45, 2.75) is 6.18 Å². The summed E-state index contributed by atoms with van der Waals surface area (Å²) in [6.45, 7) is 0. The van der Waals surface area contributed by atoms with Gasteiger partial charge in [0.2, 0.25) is 5.95 Å². The number of aromatic nitrogens is 2. The van der Waals surface area contributed by atoms with Crippen LogP contribution in [-0.4, -0.2) is 15.9 Å². The van der Waals surface area contributed by atoms with E-state index in [4.69, 9.17) is 11.5 Å². The summed E-state index contributed by atoms with van der Waals surface area (Å²) >= 11 is 0. The van der Waals surface area contributed by atoms with E-state index in [-0.39, 0.29) is 0 Å². The summed E-state index contributed by atoms with van der Waals surface area (Å²) in [4.78, 5) is 18.9. The molecule has 0 saturated heterocycles. The van der Waals surface area contributed by atoms with E-state index in [9.17, 15) is 18.0 Å². The van der Waals surface area contributed by atoms with Crippen LogP contribution in [0.25, 0.3) is 0 Å². The van der Waals surface area contributed by atoms with Crippen molar-refractivity contribution in [3.63, 3.8) is 0 Å². The van der Waals surface area contributed by atoms with Gasteiger partial charge in [-0.2, -0.15) is 18.2 Å². The quantitative estimate of drug-likeness (QED) is 0.446. The van der Waals surface area contributed by atoms with Crippen molar-refractivity contribution in [1.29, 1.82) is 0 Å². The van der Waals surface area contributed by atoms with E-state index in [0.717, 1.165) is 0 Å². The number of alkyl halides is 3. The first kappa shape index (κ1) is 11.0. The van der Waals surface area contributed by atoms with Crippen molar-refractivity contribution >= 4 is 11.9 Å². The zero-order chi connectivity index (χ0) is 11.6. The highest BCUT2D eigenvalue weighted by molar-refractivity contribution is 5.77. The average molecular weight is 221 g/mol. The molecule has 6 nitrogen and oxygen atoms in total. The van der Waals surface area contributed by atoms with Crippen LogP contribution >= 0.6 is 0 Å². The topological polar surface area (TPSA) is 110 Å². The predicted molar refractivity (Wildman–Crippen MR) is 45.3 cm³/mol. The molecule has 0 unspecified atom stereocenters. The maximum atomic E-state index is 12.2. The van der Waals surface area contributed by atoms with E-state index in [1.165, 1.54) is 0 Å². The van der Waals surface area contributed by atoms with Crippen molar-refractivity contribution in [1.82, 2.24) is 9.97 Å². The van der Waals surface area contributed by atoms with Crippen LogP contribution < -0.4 is 17.0 Å². The van der Waals surface area contributed by atoms with Gasteiger partial charge >= 0.3 is 6.18 Å². The smallest absolute Gasteiger partial charge is 0.370 e. The van der Waals surface area contributed by atoms with Crippen LogP contribution in [0.5, 0.6) is 0 Å². The van der Waals surface area contributed by atoms with Gasteiger partial charge in [0.15, 0.2) is 11.7 Å². The number of guanidine groups is 1. The Kier molecular flexibility index (Phi) is 2.64. The second kappa shape index (κ2) is 3.59. The summed E-state index contributed by atoms with van der Waals surface area (Å²) < 4.78 is 36.5. The molecule has 0 fully saturated rings. The number of hydrogen-bond acceptors (Lipinski definition) is 3. The minimum atomic E-state index is -4.72. The Morgan fingerprint density at radius 3 is 2.53 bits per heavy atom. The Bertz CT molecular complexity index is 445. The molecule has 0 aliphatic rings. The van der Waals surface area contributed by atoms with Gasteiger partial charge < -0.3 is 11.5 Å². The second-order valence-electron chi connectivity index (χ2n) is 2.49. The molecule has 0 saturated carbocycles. The van der Waals surface area contributed by atoms with Crippen LogP contribution in [0.15, 0.2) is 15.9 Å². The van der Waals surface area contributed by atoms with Crippen LogP contribution in [0, 0.1) is 0 Å². The number of aromatic amines is 1. The van der Waals surface area contributed by atoms with Gasteiger partial charge in [-0.05, 0) is 0 Å². The summed E-state index contributed by atoms with van der Waals surface area (Å²) in [7, 11) is 0. The fourth-order valence-corrected chi connectivity index (χ4v) is 0.765. The molecular weight excluding hydrogens is 215 g/mol. The molecule has 0 aliphatic heterocycles. The molecule has 0 amide bonds. The van der Waals surface area contributed by atoms with E-state index in [0.29, 0.717) is 6.07 Å². The molecular formula is C6H6F3N5O. The fraction of sp³-hybridized carbons (Fsp3) is 0.167. The Balaban J connectivity index is 3.30. The molecule has 0 bridgehead atoms. The standard InChI is InChI=1S/C6H6F3N5O/c7-6(8,9)2-1-3(15)13-5(12-2)14-4(10)11/h1H,(H5,10,11,12,13,14,15). The van der Waals surface area contributed by atoms with E-state index in [1.807, 2.05) is 4.98 Å². The molecule has 1 aromatic rings. The molecule has 82 valence electrons. The third-order valence-corrected chi connectivity index (χ3v) is 1.25. The van der Waals surface area contributed by atoms with Gasteiger partial charge in [0.1, 0.15) is 0 Å². The molecule has 0 radical (unpaired) electrons. The Labute approximate surface area is 80.8 Å². The zero-order valence-electron chi connectivity index (χ0n) is 7.17. The number of hydrogen-bond donors (Lipinski definition) is 3. The monoisotopic (exact) mass is 221 g/mol. The Morgan fingerprint density at radius 2 is 2.07 bits per heavy atom. The third-order valence-electron chi connectivity index (χ3n) is 1.25. The van der Waals surface area contributed by atoms with Crippen molar-refractivity contribution < 1.29 is 13.2 Å². The maximum absolute atomic E-state index is 12.2. The van der Waals surface area contributed by atoms with Gasteiger partial charge in [0.25, 0.3) is 5.56 Å². The summed E-state index contributed by atoms with van der Waals surface area (Å²) in [5.41, 5.74) is 7.49. The molecule has 5 N–H and O–H groups in total. The highest BCUT2D eigenvalue weighted by Gasteiger charge is 2.33. The van der Waals surface area contributed by atoms with Crippen molar-refractivity contribution in [3.8, 4) is 0 Å². The molecule has 15 heavy (non-hydrogen) atoms. The van der Waals surface area contributed by atoms with Crippen molar-refractivity contribution in [3.05, 3.63) is 22.1 Å². The average Bonchev–Trinajstić information content (AvgIpc) is 1.99. The number of H-pyrrole nitrogens is 1. The van der Waals surface area contributed by atoms with Crippen LogP contribution in [0.2, 0.25) is 0 Å². The SMILES string of the molecule is NC(N)=Nc1nc(C(F)(F)F)cc(=O)[nH]1. The Hall–Kier alpha value is -2.06. The van der Waals surface area contributed by atoms with Gasteiger partial charge in [-0.25, -0.2) is 4.98 Å². The lowest BCUT2D eigenvalue weighted by Crippen LogP contribution is -2.23. The lowest BCUT2D eigenvalue weighted by atomic mass is 10.4. The van der Waals surface area contributed by atoms with Crippen LogP contribution in [0.3, 0.4) is 0 Å². The summed E-state index contributed by atoms with van der Waals surface area (Å²) in [5.74, 6) is -1.09. The van der Waals surface area contributed by atoms with E-state index in [1.54, 1.807) is 0 Å². The van der Waals surface area contributed by atoms with Crippen LogP contribution in [0.1, 0.15) is 5.69 Å². The highest BCUT2D eigenvalue weighted by Crippen LogP contribution is 2.26. The van der Waals surface area contributed by atoms with E-state index < -0.39 is 29.3 Å². The van der Waals surface area contributed by atoms with Crippen molar-refractivity contribution in [2.75, 3.05) is 0 Å². The van der Waals surface area contributed by atoms with Crippen molar-refractivity contribution in [2.24, 2.45) is 16.5 Å². The van der Waals surface area contributed by atoms with Gasteiger partial charge in [-0.3, -0.25) is 9.78 Å². The van der Waals surface area contributed by atoms with Crippen LogP contribution in [-0.2, 0) is 6.18 Å². The molecule has 1 rings (SSSR count). The zero-order valence-corrected chi connectivity index (χ0v) is 7.17. The number of nitrogens with two attached hydrogens (primary N) is 2. The number of rotatable bonds is 1. The predicted octanol–water partition coefficient (Wildman–Crippen LogP) is -0.306. The van der Waals surface area contributed by atoms with Gasteiger partial charge in [-0.15, -0.1) is 0 Å². The highest BCUT2D eigenvalue weighted by atomic mass is 19.4. The number of halogens is 3. The Morgan fingerprint density at radius 1 is 1.47 bits per heavy atom. The van der Waals surface area contributed by atoms with E-state index in [2.05, 4.69) is 9.98 Å². The second-order valence-corrected chi connectivity index (χ2v) is 2.49. The normalized spacial score (nSPS) is 11.1. The molecule has 1 heterocycles. The summed E-state index contributed by atoms with van der Waals surface area (Å²) in [6.07, 6.45) is -4.72. The molecule has 0 atom stereocenters. The molecule has 0 aromatic carbocycles. The van der Waals surface area contributed by atoms with E-state index >= 15 is 0 Å². The minimum Gasteiger partial charge on any atom is -0.370 e. The summed E-state index contributed by atoms with van der Waals surface area (Å²) in [5, 5.41) is 0. The first-order chi connectivity index (χ1) is 6.79. The fourth-order valence-electron chi connectivity index (χ4n) is 0.765. The lowest BCUT2D eigenvalue weighted by Gasteiger charge is -2.04. The molecule has 1 aromatic heterocycles. The number of nitrogens with zero attached hydrogens (tertiary/aromatic N) is 2. The van der Waals surface area contributed by atoms with Crippen LogP contribution in [0.4, 0.5) is 19.1 Å². The summed E-state index contributed by atoms with van der Waals surface area (Å²) in [6, 6.07) is 0.311. The largest absolute Gasteiger partial charge is 0.433 e. The van der Waals surface area contributed by atoms with Gasteiger partial charge in [0.05, 0.1) is 0 Å². The first-order valence-corrected chi connectivity index (χ1v) is 3.57. The first-order valence-electron chi connectivity index (χ1n) is 3.57.